The Kier molecular flexibility index (Phi) is 4.50. The topological polar surface area (TPSA) is 97.6 Å². The van der Waals surface area contributed by atoms with E-state index >= 15 is 0 Å². The Balaban J connectivity index is 2.04. The third-order valence-corrected chi connectivity index (χ3v) is 4.20. The van der Waals surface area contributed by atoms with Crippen molar-refractivity contribution in [2.75, 3.05) is 21.3 Å². The molecule has 0 bridgehead atoms. The standard InChI is InChI=1S/C18H20O7/c1-22-15-4-9(5-16(23-2)18(15)24-3)17-13(21)8-11-12(20)6-10(19)7-14(11)25-17/h4-7,13,17,19-21H,8H2,1-3H3/t13-,17-/m1/s1. The first-order chi connectivity index (χ1) is 12.0. The summed E-state index contributed by atoms with van der Waals surface area (Å²) in [5, 5.41) is 30.1. The van der Waals surface area contributed by atoms with Crippen LogP contribution in [0.25, 0.3) is 0 Å². The average Bonchev–Trinajstić information content (AvgIpc) is 2.60. The number of phenolic OH excluding ortho intramolecular Hbond substituents is 2. The number of hydrogen-bond donors (Lipinski definition) is 3. The molecule has 1 aliphatic rings. The van der Waals surface area contributed by atoms with Crippen molar-refractivity contribution >= 4 is 0 Å². The number of aromatic hydroxyl groups is 2. The molecule has 0 radical (unpaired) electrons. The van der Waals surface area contributed by atoms with E-state index in [1.54, 1.807) is 12.1 Å². The summed E-state index contributed by atoms with van der Waals surface area (Å²) in [4.78, 5) is 0. The molecule has 1 aliphatic heterocycles. The Bertz CT molecular complexity index is 762. The van der Waals surface area contributed by atoms with Gasteiger partial charge in [0.05, 0.1) is 27.4 Å². The van der Waals surface area contributed by atoms with Gasteiger partial charge in [0.1, 0.15) is 17.2 Å². The highest BCUT2D eigenvalue weighted by molar-refractivity contribution is 5.56. The van der Waals surface area contributed by atoms with Gasteiger partial charge in [-0.25, -0.2) is 0 Å². The zero-order chi connectivity index (χ0) is 18.1. The highest BCUT2D eigenvalue weighted by atomic mass is 16.5. The Morgan fingerprint density at radius 3 is 2.16 bits per heavy atom. The zero-order valence-electron chi connectivity index (χ0n) is 14.1. The van der Waals surface area contributed by atoms with Gasteiger partial charge in [-0.2, -0.15) is 0 Å². The van der Waals surface area contributed by atoms with E-state index in [1.807, 2.05) is 0 Å². The van der Waals surface area contributed by atoms with Crippen LogP contribution in [-0.2, 0) is 6.42 Å². The van der Waals surface area contributed by atoms with Crippen molar-refractivity contribution in [1.29, 1.82) is 0 Å². The molecule has 0 aromatic heterocycles. The predicted molar refractivity (Wildman–Crippen MR) is 88.9 cm³/mol. The summed E-state index contributed by atoms with van der Waals surface area (Å²) >= 11 is 0. The van der Waals surface area contributed by atoms with Crippen LogP contribution in [0.5, 0.6) is 34.5 Å². The molecule has 1 heterocycles. The SMILES string of the molecule is COc1cc([C@H]2Oc3cc(O)cc(O)c3C[C@H]2O)cc(OC)c1OC. The fourth-order valence-electron chi connectivity index (χ4n) is 3.01. The number of ether oxygens (including phenoxy) is 4. The van der Waals surface area contributed by atoms with Crippen molar-refractivity contribution in [3.05, 3.63) is 35.4 Å². The van der Waals surface area contributed by atoms with Crippen molar-refractivity contribution in [2.24, 2.45) is 0 Å². The molecule has 0 aliphatic carbocycles. The Morgan fingerprint density at radius 1 is 0.960 bits per heavy atom. The van der Waals surface area contributed by atoms with Gasteiger partial charge in [0.15, 0.2) is 17.6 Å². The maximum absolute atomic E-state index is 10.5. The monoisotopic (exact) mass is 348 g/mol. The first-order valence-corrected chi connectivity index (χ1v) is 7.68. The third-order valence-electron chi connectivity index (χ3n) is 4.20. The molecule has 134 valence electrons. The molecule has 0 spiro atoms. The molecule has 25 heavy (non-hydrogen) atoms. The van der Waals surface area contributed by atoms with Crippen LogP contribution in [0.4, 0.5) is 0 Å². The van der Waals surface area contributed by atoms with Crippen molar-refractivity contribution in [2.45, 2.75) is 18.6 Å². The first-order valence-electron chi connectivity index (χ1n) is 7.68. The lowest BCUT2D eigenvalue weighted by Crippen LogP contribution is -2.30. The van der Waals surface area contributed by atoms with E-state index in [-0.39, 0.29) is 17.9 Å². The minimum atomic E-state index is -0.897. The van der Waals surface area contributed by atoms with Crippen LogP contribution in [0.1, 0.15) is 17.2 Å². The molecule has 0 saturated heterocycles. The van der Waals surface area contributed by atoms with Crippen molar-refractivity contribution in [3.63, 3.8) is 0 Å². The fraction of sp³-hybridized carbons (Fsp3) is 0.333. The Labute approximate surface area is 145 Å². The van der Waals surface area contributed by atoms with Gasteiger partial charge in [0.25, 0.3) is 0 Å². The molecule has 0 unspecified atom stereocenters. The lowest BCUT2D eigenvalue weighted by Gasteiger charge is -2.31. The van der Waals surface area contributed by atoms with Gasteiger partial charge in [-0.3, -0.25) is 0 Å². The second-order valence-corrected chi connectivity index (χ2v) is 5.71. The minimum absolute atomic E-state index is 0.114. The molecule has 7 nitrogen and oxygen atoms in total. The van der Waals surface area contributed by atoms with Crippen LogP contribution in [-0.4, -0.2) is 42.8 Å². The fourth-order valence-corrected chi connectivity index (χ4v) is 3.01. The number of phenols is 2. The largest absolute Gasteiger partial charge is 0.508 e. The summed E-state index contributed by atoms with van der Waals surface area (Å²) < 4.78 is 21.8. The van der Waals surface area contributed by atoms with Crippen LogP contribution in [0, 0.1) is 0 Å². The van der Waals surface area contributed by atoms with E-state index in [2.05, 4.69) is 0 Å². The van der Waals surface area contributed by atoms with Gasteiger partial charge in [0, 0.05) is 29.7 Å². The van der Waals surface area contributed by atoms with Gasteiger partial charge in [0.2, 0.25) is 5.75 Å². The minimum Gasteiger partial charge on any atom is -0.508 e. The number of methoxy groups -OCH3 is 3. The van der Waals surface area contributed by atoms with E-state index in [1.165, 1.54) is 33.5 Å². The van der Waals surface area contributed by atoms with Crippen molar-refractivity contribution in [1.82, 2.24) is 0 Å². The molecule has 0 fully saturated rings. The molecule has 0 saturated carbocycles. The number of benzene rings is 2. The number of rotatable bonds is 4. The van der Waals surface area contributed by atoms with Gasteiger partial charge in [-0.15, -0.1) is 0 Å². The van der Waals surface area contributed by atoms with Gasteiger partial charge in [-0.1, -0.05) is 0 Å². The van der Waals surface area contributed by atoms with Gasteiger partial charge < -0.3 is 34.3 Å². The molecular weight excluding hydrogens is 328 g/mol. The van der Waals surface area contributed by atoms with Crippen molar-refractivity contribution < 1.29 is 34.3 Å². The molecule has 3 N–H and O–H groups in total. The van der Waals surface area contributed by atoms with Crippen LogP contribution in [0.3, 0.4) is 0 Å². The van der Waals surface area contributed by atoms with E-state index < -0.39 is 12.2 Å². The molecule has 2 atom stereocenters. The normalized spacial score (nSPS) is 18.9. The van der Waals surface area contributed by atoms with E-state index in [0.29, 0.717) is 34.1 Å². The lowest BCUT2D eigenvalue weighted by atomic mass is 9.93. The lowest BCUT2D eigenvalue weighted by molar-refractivity contribution is 0.0195. The second kappa shape index (κ2) is 6.60. The summed E-state index contributed by atoms with van der Waals surface area (Å²) in [5.41, 5.74) is 1.07. The third kappa shape index (κ3) is 2.98. The second-order valence-electron chi connectivity index (χ2n) is 5.71. The summed E-state index contributed by atoms with van der Waals surface area (Å²) in [6.07, 6.45) is -1.43. The molecule has 3 rings (SSSR count). The van der Waals surface area contributed by atoms with Gasteiger partial charge in [-0.05, 0) is 12.1 Å². The predicted octanol–water partition coefficient (Wildman–Crippen LogP) is 2.16. The number of aliphatic hydroxyl groups excluding tert-OH is 1. The zero-order valence-corrected chi connectivity index (χ0v) is 14.1. The number of aliphatic hydroxyl groups is 1. The number of fused-ring (bicyclic) bond motifs is 1. The van der Waals surface area contributed by atoms with Crippen LogP contribution >= 0.6 is 0 Å². The van der Waals surface area contributed by atoms with Gasteiger partial charge >= 0.3 is 0 Å². The maximum Gasteiger partial charge on any atom is 0.203 e. The summed E-state index contributed by atoms with van der Waals surface area (Å²) in [5.74, 6) is 1.42. The number of hydrogen-bond acceptors (Lipinski definition) is 7. The summed E-state index contributed by atoms with van der Waals surface area (Å²) in [6, 6.07) is 6.02. The maximum atomic E-state index is 10.5. The van der Waals surface area contributed by atoms with E-state index in [9.17, 15) is 15.3 Å². The molecular formula is C18H20O7. The average molecular weight is 348 g/mol. The van der Waals surface area contributed by atoms with Crippen LogP contribution < -0.4 is 18.9 Å². The summed E-state index contributed by atoms with van der Waals surface area (Å²) in [6.45, 7) is 0. The molecule has 0 amide bonds. The highest BCUT2D eigenvalue weighted by Crippen LogP contribution is 2.45. The quantitative estimate of drug-likeness (QED) is 0.779. The van der Waals surface area contributed by atoms with E-state index in [4.69, 9.17) is 18.9 Å². The van der Waals surface area contributed by atoms with Crippen LogP contribution in [0.15, 0.2) is 24.3 Å². The molecule has 2 aromatic rings. The smallest absolute Gasteiger partial charge is 0.203 e. The molecule has 7 heteroatoms. The highest BCUT2D eigenvalue weighted by Gasteiger charge is 2.33. The Hall–Kier alpha value is -2.80. The van der Waals surface area contributed by atoms with Crippen molar-refractivity contribution in [3.8, 4) is 34.5 Å². The van der Waals surface area contributed by atoms with E-state index in [0.717, 1.165) is 0 Å². The summed E-state index contributed by atoms with van der Waals surface area (Å²) in [7, 11) is 4.52. The Morgan fingerprint density at radius 2 is 1.60 bits per heavy atom. The first kappa shape index (κ1) is 17.0. The van der Waals surface area contributed by atoms with Crippen LogP contribution in [0.2, 0.25) is 0 Å². The molecule has 2 aromatic carbocycles.